The van der Waals surface area contributed by atoms with E-state index in [4.69, 9.17) is 0 Å². The molecule has 0 aliphatic rings. The Bertz CT molecular complexity index is 540. The van der Waals surface area contributed by atoms with E-state index in [1.807, 2.05) is 16.9 Å². The van der Waals surface area contributed by atoms with Crippen molar-refractivity contribution >= 4 is 5.96 Å². The monoisotopic (exact) mass is 271 g/mol. The van der Waals surface area contributed by atoms with Crippen LogP contribution in [0.25, 0.3) is 5.69 Å². The zero-order chi connectivity index (χ0) is 14.4. The van der Waals surface area contributed by atoms with E-state index in [-0.39, 0.29) is 0 Å². The first-order valence-electron chi connectivity index (χ1n) is 6.75. The van der Waals surface area contributed by atoms with Gasteiger partial charge in [-0.3, -0.25) is 4.99 Å². The van der Waals surface area contributed by atoms with E-state index in [0.717, 1.165) is 18.2 Å². The van der Waals surface area contributed by atoms with Crippen molar-refractivity contribution in [3.05, 3.63) is 48.3 Å². The number of benzene rings is 1. The molecular weight excluding hydrogens is 250 g/mol. The van der Waals surface area contributed by atoms with Crippen molar-refractivity contribution in [2.75, 3.05) is 7.05 Å². The summed E-state index contributed by atoms with van der Waals surface area (Å²) in [6, 6.07) is 10.6. The Morgan fingerprint density at radius 1 is 1.30 bits per heavy atom. The molecule has 0 radical (unpaired) electrons. The SMILES string of the molecule is CN=C(NCc1ccc(-n2cccn2)cc1)NC(C)C. The van der Waals surface area contributed by atoms with Gasteiger partial charge in [-0.2, -0.15) is 5.10 Å². The Kier molecular flexibility index (Phi) is 4.76. The summed E-state index contributed by atoms with van der Waals surface area (Å²) in [5, 5.41) is 10.8. The fourth-order valence-electron chi connectivity index (χ4n) is 1.84. The van der Waals surface area contributed by atoms with Gasteiger partial charge in [-0.05, 0) is 37.6 Å². The van der Waals surface area contributed by atoms with E-state index in [0.29, 0.717) is 6.04 Å². The number of rotatable bonds is 4. The second-order valence-corrected chi connectivity index (χ2v) is 4.84. The summed E-state index contributed by atoms with van der Waals surface area (Å²) in [6.07, 6.45) is 3.71. The zero-order valence-corrected chi connectivity index (χ0v) is 12.2. The van der Waals surface area contributed by atoms with Crippen molar-refractivity contribution in [2.45, 2.75) is 26.4 Å². The van der Waals surface area contributed by atoms with Gasteiger partial charge in [0.05, 0.1) is 5.69 Å². The Balaban J connectivity index is 1.94. The Hall–Kier alpha value is -2.30. The molecule has 0 saturated carbocycles. The average Bonchev–Trinajstić information content (AvgIpc) is 2.97. The van der Waals surface area contributed by atoms with Crippen LogP contribution in [0.2, 0.25) is 0 Å². The maximum atomic E-state index is 4.21. The summed E-state index contributed by atoms with van der Waals surface area (Å²) >= 11 is 0. The van der Waals surface area contributed by atoms with Crippen molar-refractivity contribution in [2.24, 2.45) is 4.99 Å². The van der Waals surface area contributed by atoms with Crippen LogP contribution in [-0.4, -0.2) is 28.8 Å². The molecule has 5 heteroatoms. The molecule has 0 aliphatic heterocycles. The number of aromatic nitrogens is 2. The molecule has 1 aromatic heterocycles. The summed E-state index contributed by atoms with van der Waals surface area (Å²) in [6.45, 7) is 4.92. The minimum absolute atomic E-state index is 0.364. The number of guanidine groups is 1. The van der Waals surface area contributed by atoms with Crippen LogP contribution in [0.15, 0.2) is 47.7 Å². The van der Waals surface area contributed by atoms with Crippen LogP contribution in [-0.2, 0) is 6.54 Å². The lowest BCUT2D eigenvalue weighted by molar-refractivity contribution is 0.699. The maximum Gasteiger partial charge on any atom is 0.191 e. The second kappa shape index (κ2) is 6.75. The van der Waals surface area contributed by atoms with E-state index < -0.39 is 0 Å². The summed E-state index contributed by atoms with van der Waals surface area (Å²) < 4.78 is 1.84. The van der Waals surface area contributed by atoms with Crippen LogP contribution < -0.4 is 10.6 Å². The van der Waals surface area contributed by atoms with Gasteiger partial charge in [-0.15, -0.1) is 0 Å². The van der Waals surface area contributed by atoms with E-state index >= 15 is 0 Å². The molecule has 2 rings (SSSR count). The minimum Gasteiger partial charge on any atom is -0.354 e. The zero-order valence-electron chi connectivity index (χ0n) is 12.2. The number of hydrogen-bond acceptors (Lipinski definition) is 2. The number of nitrogens with one attached hydrogen (secondary N) is 2. The smallest absolute Gasteiger partial charge is 0.191 e. The molecule has 0 saturated heterocycles. The van der Waals surface area contributed by atoms with Gasteiger partial charge in [0.2, 0.25) is 0 Å². The fourth-order valence-corrected chi connectivity index (χ4v) is 1.84. The van der Waals surface area contributed by atoms with E-state index in [2.05, 4.69) is 58.8 Å². The molecule has 0 fully saturated rings. The quantitative estimate of drug-likeness (QED) is 0.660. The van der Waals surface area contributed by atoms with Crippen molar-refractivity contribution in [1.82, 2.24) is 20.4 Å². The highest BCUT2D eigenvalue weighted by Crippen LogP contribution is 2.08. The van der Waals surface area contributed by atoms with Crippen LogP contribution >= 0.6 is 0 Å². The molecule has 2 aromatic rings. The topological polar surface area (TPSA) is 54.2 Å². The van der Waals surface area contributed by atoms with Gasteiger partial charge < -0.3 is 10.6 Å². The molecule has 106 valence electrons. The van der Waals surface area contributed by atoms with E-state index in [9.17, 15) is 0 Å². The first kappa shape index (κ1) is 14.1. The third-order valence-electron chi connectivity index (χ3n) is 2.81. The van der Waals surface area contributed by atoms with Gasteiger partial charge in [-0.25, -0.2) is 4.68 Å². The molecule has 0 atom stereocenters. The third kappa shape index (κ3) is 3.85. The average molecular weight is 271 g/mol. The van der Waals surface area contributed by atoms with Gasteiger partial charge in [0.1, 0.15) is 0 Å². The van der Waals surface area contributed by atoms with Gasteiger partial charge in [0, 0.05) is 32.0 Å². The fraction of sp³-hybridized carbons (Fsp3) is 0.333. The van der Waals surface area contributed by atoms with Crippen molar-refractivity contribution in [3.63, 3.8) is 0 Å². The number of hydrogen-bond donors (Lipinski definition) is 2. The van der Waals surface area contributed by atoms with Gasteiger partial charge in [-0.1, -0.05) is 12.1 Å². The van der Waals surface area contributed by atoms with Gasteiger partial charge in [0.25, 0.3) is 0 Å². The van der Waals surface area contributed by atoms with Gasteiger partial charge >= 0.3 is 0 Å². The molecule has 0 spiro atoms. The minimum atomic E-state index is 0.364. The third-order valence-corrected chi connectivity index (χ3v) is 2.81. The maximum absolute atomic E-state index is 4.21. The van der Waals surface area contributed by atoms with Crippen LogP contribution in [0.4, 0.5) is 0 Å². The molecule has 0 amide bonds. The van der Waals surface area contributed by atoms with Crippen LogP contribution in [0.1, 0.15) is 19.4 Å². The predicted octanol–water partition coefficient (Wildman–Crippen LogP) is 1.95. The predicted molar refractivity (Wildman–Crippen MR) is 82.0 cm³/mol. The molecular formula is C15H21N5. The highest BCUT2D eigenvalue weighted by molar-refractivity contribution is 5.79. The molecule has 1 heterocycles. The summed E-state index contributed by atoms with van der Waals surface area (Å²) in [5.74, 6) is 0.816. The molecule has 0 bridgehead atoms. The van der Waals surface area contributed by atoms with E-state index in [1.54, 1.807) is 13.2 Å². The lowest BCUT2D eigenvalue weighted by Crippen LogP contribution is -2.40. The van der Waals surface area contributed by atoms with Crippen LogP contribution in [0.5, 0.6) is 0 Å². The summed E-state index contributed by atoms with van der Waals surface area (Å²) in [4.78, 5) is 4.18. The lowest BCUT2D eigenvalue weighted by Gasteiger charge is -2.14. The Morgan fingerprint density at radius 3 is 2.60 bits per heavy atom. The molecule has 0 unspecified atom stereocenters. The lowest BCUT2D eigenvalue weighted by atomic mass is 10.2. The first-order chi connectivity index (χ1) is 9.69. The van der Waals surface area contributed by atoms with Crippen molar-refractivity contribution < 1.29 is 0 Å². The first-order valence-corrected chi connectivity index (χ1v) is 6.75. The Morgan fingerprint density at radius 2 is 2.05 bits per heavy atom. The molecule has 5 nitrogen and oxygen atoms in total. The largest absolute Gasteiger partial charge is 0.354 e. The number of nitrogens with zero attached hydrogens (tertiary/aromatic N) is 3. The highest BCUT2D eigenvalue weighted by Gasteiger charge is 2.01. The molecule has 2 N–H and O–H groups in total. The number of aliphatic imine (C=N–C) groups is 1. The van der Waals surface area contributed by atoms with Gasteiger partial charge in [0.15, 0.2) is 5.96 Å². The van der Waals surface area contributed by atoms with E-state index in [1.165, 1.54) is 5.56 Å². The van der Waals surface area contributed by atoms with Crippen molar-refractivity contribution in [1.29, 1.82) is 0 Å². The molecule has 0 aliphatic carbocycles. The molecule has 20 heavy (non-hydrogen) atoms. The summed E-state index contributed by atoms with van der Waals surface area (Å²) in [5.41, 5.74) is 2.26. The standard InChI is InChI=1S/C15H21N5/c1-12(2)19-15(16-3)17-11-13-5-7-14(8-6-13)20-10-4-9-18-20/h4-10,12H,11H2,1-3H3,(H2,16,17,19). The normalized spacial score (nSPS) is 11.7. The van der Waals surface area contributed by atoms with Crippen LogP contribution in [0, 0.1) is 0 Å². The summed E-state index contributed by atoms with van der Waals surface area (Å²) in [7, 11) is 1.78. The second-order valence-electron chi connectivity index (χ2n) is 4.84. The Labute approximate surface area is 119 Å². The highest BCUT2D eigenvalue weighted by atomic mass is 15.3. The van der Waals surface area contributed by atoms with Crippen molar-refractivity contribution in [3.8, 4) is 5.69 Å². The molecule has 1 aromatic carbocycles. The van der Waals surface area contributed by atoms with Crippen LogP contribution in [0.3, 0.4) is 0 Å².